The lowest BCUT2D eigenvalue weighted by atomic mass is 10.3. The molecule has 0 bridgehead atoms. The van der Waals surface area contributed by atoms with Crippen LogP contribution >= 0.6 is 23.2 Å². The zero-order chi connectivity index (χ0) is 10.7. The third-order valence-corrected chi connectivity index (χ3v) is 2.44. The summed E-state index contributed by atoms with van der Waals surface area (Å²) in [5.74, 6) is -0.297. The molecule has 0 radical (unpaired) electrons. The lowest BCUT2D eigenvalue weighted by Gasteiger charge is -2.09. The van der Waals surface area contributed by atoms with E-state index in [2.05, 4.69) is 5.32 Å². The Morgan fingerprint density at radius 3 is 2.71 bits per heavy atom. The van der Waals surface area contributed by atoms with Gasteiger partial charge in [-0.05, 0) is 19.1 Å². The van der Waals surface area contributed by atoms with Gasteiger partial charge in [0.05, 0.1) is 21.8 Å². The van der Waals surface area contributed by atoms with E-state index in [1.165, 1.54) is 0 Å². The second-order valence-corrected chi connectivity index (χ2v) is 3.66. The van der Waals surface area contributed by atoms with E-state index in [4.69, 9.17) is 28.9 Å². The van der Waals surface area contributed by atoms with Crippen LogP contribution in [0.5, 0.6) is 0 Å². The van der Waals surface area contributed by atoms with E-state index in [0.29, 0.717) is 15.7 Å². The molecule has 5 heteroatoms. The Labute approximate surface area is 92.2 Å². The topological polar surface area (TPSA) is 55.1 Å². The van der Waals surface area contributed by atoms with Crippen LogP contribution in [0, 0.1) is 0 Å². The van der Waals surface area contributed by atoms with Gasteiger partial charge in [-0.2, -0.15) is 0 Å². The van der Waals surface area contributed by atoms with Crippen molar-refractivity contribution in [3.63, 3.8) is 0 Å². The van der Waals surface area contributed by atoms with Crippen LogP contribution in [0.1, 0.15) is 6.92 Å². The Bertz CT molecular complexity index is 353. The van der Waals surface area contributed by atoms with Crippen molar-refractivity contribution in [3.8, 4) is 0 Å². The highest BCUT2D eigenvalue weighted by Gasteiger charge is 2.10. The number of nitrogens with one attached hydrogen (secondary N) is 1. The number of anilines is 1. The van der Waals surface area contributed by atoms with Gasteiger partial charge in [-0.15, -0.1) is 0 Å². The van der Waals surface area contributed by atoms with Crippen molar-refractivity contribution in [2.75, 3.05) is 5.32 Å². The summed E-state index contributed by atoms with van der Waals surface area (Å²) in [5.41, 5.74) is 5.86. The number of carbonyl (C=O) groups excluding carboxylic acids is 1. The van der Waals surface area contributed by atoms with Gasteiger partial charge in [0.15, 0.2) is 0 Å². The number of benzene rings is 1. The summed E-state index contributed by atoms with van der Waals surface area (Å²) in [6.45, 7) is 1.59. The first-order valence-corrected chi connectivity index (χ1v) is 4.78. The summed E-state index contributed by atoms with van der Waals surface area (Å²) < 4.78 is 0. The van der Waals surface area contributed by atoms with Crippen LogP contribution in [0.25, 0.3) is 0 Å². The summed E-state index contributed by atoms with van der Waals surface area (Å²) >= 11 is 11.6. The quantitative estimate of drug-likeness (QED) is 0.823. The fraction of sp³-hybridized carbons (Fsp3) is 0.222. The first-order chi connectivity index (χ1) is 6.52. The molecule has 0 unspecified atom stereocenters. The minimum absolute atomic E-state index is 0.297. The SMILES string of the molecule is C[C@@H](N)C(=O)Nc1cccc(Cl)c1Cl. The monoisotopic (exact) mass is 232 g/mol. The van der Waals surface area contributed by atoms with Crippen molar-refractivity contribution in [1.29, 1.82) is 0 Å². The highest BCUT2D eigenvalue weighted by atomic mass is 35.5. The molecule has 1 aromatic carbocycles. The average Bonchev–Trinajstić information content (AvgIpc) is 2.12. The molecule has 0 saturated heterocycles. The third-order valence-electron chi connectivity index (χ3n) is 1.62. The van der Waals surface area contributed by atoms with Crippen LogP contribution in [0.2, 0.25) is 10.0 Å². The van der Waals surface area contributed by atoms with E-state index in [0.717, 1.165) is 0 Å². The van der Waals surface area contributed by atoms with Gasteiger partial charge >= 0.3 is 0 Å². The van der Waals surface area contributed by atoms with Crippen LogP contribution in [0.3, 0.4) is 0 Å². The average molecular weight is 233 g/mol. The zero-order valence-corrected chi connectivity index (χ0v) is 9.06. The van der Waals surface area contributed by atoms with E-state index in [1.54, 1.807) is 25.1 Å². The molecule has 1 atom stereocenters. The van der Waals surface area contributed by atoms with Gasteiger partial charge in [-0.3, -0.25) is 4.79 Å². The minimum Gasteiger partial charge on any atom is -0.323 e. The largest absolute Gasteiger partial charge is 0.323 e. The molecule has 1 rings (SSSR count). The smallest absolute Gasteiger partial charge is 0.241 e. The maximum Gasteiger partial charge on any atom is 0.241 e. The molecule has 1 amide bonds. The molecule has 3 N–H and O–H groups in total. The number of halogens is 2. The van der Waals surface area contributed by atoms with Crippen molar-refractivity contribution in [2.45, 2.75) is 13.0 Å². The number of nitrogens with two attached hydrogens (primary N) is 1. The molecule has 0 aromatic heterocycles. The van der Waals surface area contributed by atoms with Gasteiger partial charge in [-0.25, -0.2) is 0 Å². The van der Waals surface area contributed by atoms with Gasteiger partial charge in [0.2, 0.25) is 5.91 Å². The van der Waals surface area contributed by atoms with Crippen LogP contribution in [-0.2, 0) is 4.79 Å². The Kier molecular flexibility index (Phi) is 3.75. The van der Waals surface area contributed by atoms with E-state index in [-0.39, 0.29) is 5.91 Å². The number of hydrogen-bond acceptors (Lipinski definition) is 2. The number of carbonyl (C=O) groups is 1. The molecule has 0 aliphatic rings. The minimum atomic E-state index is -0.579. The van der Waals surface area contributed by atoms with E-state index in [9.17, 15) is 4.79 Å². The van der Waals surface area contributed by atoms with Crippen molar-refractivity contribution < 1.29 is 4.79 Å². The molecule has 1 aromatic rings. The highest BCUT2D eigenvalue weighted by Crippen LogP contribution is 2.29. The van der Waals surface area contributed by atoms with Crippen molar-refractivity contribution in [1.82, 2.24) is 0 Å². The molecular weight excluding hydrogens is 223 g/mol. The Morgan fingerprint density at radius 1 is 1.50 bits per heavy atom. The first kappa shape index (κ1) is 11.3. The van der Waals surface area contributed by atoms with Crippen LogP contribution < -0.4 is 11.1 Å². The molecule has 0 saturated carbocycles. The van der Waals surface area contributed by atoms with Crippen LogP contribution in [0.15, 0.2) is 18.2 Å². The number of amides is 1. The molecule has 0 aliphatic heterocycles. The van der Waals surface area contributed by atoms with E-state index >= 15 is 0 Å². The van der Waals surface area contributed by atoms with Crippen molar-refractivity contribution in [2.24, 2.45) is 5.73 Å². The zero-order valence-electron chi connectivity index (χ0n) is 7.55. The Balaban J connectivity index is 2.87. The van der Waals surface area contributed by atoms with Gasteiger partial charge in [0, 0.05) is 0 Å². The molecule has 0 aliphatic carbocycles. The summed E-state index contributed by atoms with van der Waals surface area (Å²) in [5, 5.41) is 3.29. The summed E-state index contributed by atoms with van der Waals surface area (Å²) in [7, 11) is 0. The van der Waals surface area contributed by atoms with E-state index in [1.807, 2.05) is 0 Å². The lowest BCUT2D eigenvalue weighted by Crippen LogP contribution is -2.32. The number of hydrogen-bond donors (Lipinski definition) is 2. The molecule has 0 spiro atoms. The Morgan fingerprint density at radius 2 is 2.14 bits per heavy atom. The predicted molar refractivity (Wildman–Crippen MR) is 58.7 cm³/mol. The molecule has 3 nitrogen and oxygen atoms in total. The molecule has 0 fully saturated rings. The van der Waals surface area contributed by atoms with Crippen LogP contribution in [0.4, 0.5) is 5.69 Å². The van der Waals surface area contributed by atoms with Gasteiger partial charge in [0.25, 0.3) is 0 Å². The fourth-order valence-electron chi connectivity index (χ4n) is 0.847. The summed E-state index contributed by atoms with van der Waals surface area (Å²) in [6.07, 6.45) is 0. The Hall–Kier alpha value is -0.770. The maximum absolute atomic E-state index is 11.2. The normalized spacial score (nSPS) is 12.3. The fourth-order valence-corrected chi connectivity index (χ4v) is 1.19. The third kappa shape index (κ3) is 2.61. The molecule has 76 valence electrons. The van der Waals surface area contributed by atoms with Gasteiger partial charge in [-0.1, -0.05) is 29.3 Å². The summed E-state index contributed by atoms with van der Waals surface area (Å²) in [6, 6.07) is 4.43. The van der Waals surface area contributed by atoms with Gasteiger partial charge < -0.3 is 11.1 Å². The van der Waals surface area contributed by atoms with Crippen molar-refractivity contribution >= 4 is 34.8 Å². The highest BCUT2D eigenvalue weighted by molar-refractivity contribution is 6.44. The second kappa shape index (κ2) is 4.64. The standard InChI is InChI=1S/C9H10Cl2N2O/c1-5(12)9(14)13-7-4-2-3-6(10)8(7)11/h2-5H,12H2,1H3,(H,13,14)/t5-/m1/s1. The van der Waals surface area contributed by atoms with Gasteiger partial charge in [0.1, 0.15) is 0 Å². The summed E-state index contributed by atoms with van der Waals surface area (Å²) in [4.78, 5) is 11.2. The van der Waals surface area contributed by atoms with Crippen molar-refractivity contribution in [3.05, 3.63) is 28.2 Å². The van der Waals surface area contributed by atoms with Crippen LogP contribution in [-0.4, -0.2) is 11.9 Å². The first-order valence-electron chi connectivity index (χ1n) is 4.03. The molecule has 14 heavy (non-hydrogen) atoms. The molecule has 0 heterocycles. The molecular formula is C9H10Cl2N2O. The second-order valence-electron chi connectivity index (χ2n) is 2.88. The predicted octanol–water partition coefficient (Wildman–Crippen LogP) is 2.28. The maximum atomic E-state index is 11.2. The lowest BCUT2D eigenvalue weighted by molar-refractivity contribution is -0.117. The van der Waals surface area contributed by atoms with E-state index < -0.39 is 6.04 Å². The number of rotatable bonds is 2.